The van der Waals surface area contributed by atoms with Crippen molar-refractivity contribution in [2.24, 2.45) is 0 Å². The summed E-state index contributed by atoms with van der Waals surface area (Å²) in [4.78, 5) is 13.3. The Morgan fingerprint density at radius 1 is 1.29 bits per heavy atom. The Morgan fingerprint density at radius 2 is 2.05 bits per heavy atom. The van der Waals surface area contributed by atoms with Crippen LogP contribution in [-0.2, 0) is 4.74 Å². The van der Waals surface area contributed by atoms with Crippen LogP contribution in [0.25, 0.3) is 5.69 Å². The molecule has 21 heavy (non-hydrogen) atoms. The number of anilines is 1. The van der Waals surface area contributed by atoms with Gasteiger partial charge in [0.25, 0.3) is 0 Å². The number of nitrogens with one attached hydrogen (secondary N) is 2. The second-order valence-corrected chi connectivity index (χ2v) is 4.84. The van der Waals surface area contributed by atoms with Crippen LogP contribution in [0.5, 0.6) is 0 Å². The number of rotatable bonds is 4. The molecule has 1 fully saturated rings. The summed E-state index contributed by atoms with van der Waals surface area (Å²) in [6, 6.07) is 7.08. The van der Waals surface area contributed by atoms with E-state index in [1.807, 2.05) is 24.3 Å². The fourth-order valence-electron chi connectivity index (χ4n) is 2.21. The van der Waals surface area contributed by atoms with Crippen molar-refractivity contribution in [1.82, 2.24) is 20.3 Å². The minimum Gasteiger partial charge on any atom is -0.376 e. The monoisotopic (exact) mass is 287 g/mol. The molecule has 0 aliphatic carbocycles. The third kappa shape index (κ3) is 3.57. The summed E-state index contributed by atoms with van der Waals surface area (Å²) in [5, 5.41) is 13.7. The molecule has 0 unspecified atom stereocenters. The molecule has 7 heteroatoms. The minimum atomic E-state index is -0.226. The van der Waals surface area contributed by atoms with Crippen LogP contribution in [0.2, 0.25) is 0 Å². The standard InChI is InChI=1S/C14H17N5O2/c20-14(15-10-13-2-1-9-21-13)18-11-3-5-12(6-4-11)19-16-7-8-17-19/h3-8,13H,1-2,9-10H2,(H2,15,18,20)/t13-/m0/s1. The van der Waals surface area contributed by atoms with Crippen molar-refractivity contribution in [3.8, 4) is 5.69 Å². The lowest BCUT2D eigenvalue weighted by atomic mass is 10.2. The summed E-state index contributed by atoms with van der Waals surface area (Å²) in [5.74, 6) is 0. The Bertz CT molecular complexity index is 576. The number of benzene rings is 1. The number of carbonyl (C=O) groups is 1. The molecule has 0 radical (unpaired) electrons. The van der Waals surface area contributed by atoms with Crippen molar-refractivity contribution in [2.45, 2.75) is 18.9 Å². The SMILES string of the molecule is O=C(NC[C@@H]1CCCO1)Nc1ccc(-n2nccn2)cc1. The summed E-state index contributed by atoms with van der Waals surface area (Å²) in [6.45, 7) is 1.33. The summed E-state index contributed by atoms with van der Waals surface area (Å²) < 4.78 is 5.45. The Kier molecular flexibility index (Phi) is 4.11. The highest BCUT2D eigenvalue weighted by Gasteiger charge is 2.16. The molecule has 1 atom stereocenters. The maximum atomic E-state index is 11.8. The zero-order valence-corrected chi connectivity index (χ0v) is 11.5. The summed E-state index contributed by atoms with van der Waals surface area (Å²) in [6.07, 6.45) is 5.45. The molecule has 0 saturated carbocycles. The Hall–Kier alpha value is -2.41. The highest BCUT2D eigenvalue weighted by atomic mass is 16.5. The van der Waals surface area contributed by atoms with Gasteiger partial charge in [0.2, 0.25) is 0 Å². The quantitative estimate of drug-likeness (QED) is 0.894. The van der Waals surface area contributed by atoms with Crippen LogP contribution in [0.4, 0.5) is 10.5 Å². The zero-order valence-electron chi connectivity index (χ0n) is 11.5. The molecular formula is C14H17N5O2. The smallest absolute Gasteiger partial charge is 0.319 e. The molecule has 1 aliphatic rings. The number of nitrogens with zero attached hydrogens (tertiary/aromatic N) is 3. The van der Waals surface area contributed by atoms with Crippen LogP contribution in [0.3, 0.4) is 0 Å². The first-order chi connectivity index (χ1) is 10.3. The molecular weight excluding hydrogens is 270 g/mol. The van der Waals surface area contributed by atoms with Gasteiger partial charge in [0.15, 0.2) is 0 Å². The van der Waals surface area contributed by atoms with Crippen molar-refractivity contribution in [3.63, 3.8) is 0 Å². The van der Waals surface area contributed by atoms with E-state index in [9.17, 15) is 4.79 Å². The summed E-state index contributed by atoms with van der Waals surface area (Å²) in [5.41, 5.74) is 1.56. The molecule has 110 valence electrons. The third-order valence-electron chi connectivity index (χ3n) is 3.29. The second-order valence-electron chi connectivity index (χ2n) is 4.84. The molecule has 0 bridgehead atoms. The fraction of sp³-hybridized carbons (Fsp3) is 0.357. The number of aromatic nitrogens is 3. The van der Waals surface area contributed by atoms with Crippen LogP contribution < -0.4 is 10.6 Å². The molecule has 1 aliphatic heterocycles. The normalized spacial score (nSPS) is 17.6. The second kappa shape index (κ2) is 6.36. The maximum Gasteiger partial charge on any atom is 0.319 e. The van der Waals surface area contributed by atoms with Gasteiger partial charge in [0.05, 0.1) is 24.2 Å². The van der Waals surface area contributed by atoms with Gasteiger partial charge in [-0.25, -0.2) is 4.79 Å². The summed E-state index contributed by atoms with van der Waals surface area (Å²) in [7, 11) is 0. The van der Waals surface area contributed by atoms with E-state index in [0.717, 1.165) is 30.8 Å². The number of carbonyl (C=O) groups excluding carboxylic acids is 1. The average Bonchev–Trinajstić information content (AvgIpc) is 3.19. The minimum absolute atomic E-state index is 0.143. The van der Waals surface area contributed by atoms with Crippen LogP contribution in [-0.4, -0.2) is 40.3 Å². The Morgan fingerprint density at radius 3 is 2.71 bits per heavy atom. The highest BCUT2D eigenvalue weighted by Crippen LogP contribution is 2.12. The molecule has 2 aromatic rings. The Balaban J connectivity index is 1.51. The highest BCUT2D eigenvalue weighted by molar-refractivity contribution is 5.89. The number of hydrogen-bond donors (Lipinski definition) is 2. The van der Waals surface area contributed by atoms with Crippen LogP contribution in [0.15, 0.2) is 36.7 Å². The molecule has 1 aromatic heterocycles. The van der Waals surface area contributed by atoms with Gasteiger partial charge >= 0.3 is 6.03 Å². The lowest BCUT2D eigenvalue weighted by Crippen LogP contribution is -2.35. The van der Waals surface area contributed by atoms with Crippen LogP contribution in [0, 0.1) is 0 Å². The van der Waals surface area contributed by atoms with E-state index in [2.05, 4.69) is 20.8 Å². The largest absolute Gasteiger partial charge is 0.376 e. The molecule has 7 nitrogen and oxygen atoms in total. The van der Waals surface area contributed by atoms with E-state index in [4.69, 9.17) is 4.74 Å². The fourth-order valence-corrected chi connectivity index (χ4v) is 2.21. The van der Waals surface area contributed by atoms with E-state index in [1.54, 1.807) is 12.4 Å². The van der Waals surface area contributed by atoms with Gasteiger partial charge in [-0.2, -0.15) is 15.0 Å². The molecule has 3 rings (SSSR count). The molecule has 1 aromatic carbocycles. The van der Waals surface area contributed by atoms with E-state index in [0.29, 0.717) is 6.54 Å². The predicted molar refractivity (Wildman–Crippen MR) is 77.4 cm³/mol. The molecule has 2 heterocycles. The van der Waals surface area contributed by atoms with E-state index in [1.165, 1.54) is 4.80 Å². The average molecular weight is 287 g/mol. The lowest BCUT2D eigenvalue weighted by Gasteiger charge is -2.12. The van der Waals surface area contributed by atoms with Gasteiger partial charge in [-0.15, -0.1) is 0 Å². The topological polar surface area (TPSA) is 81.1 Å². The van der Waals surface area contributed by atoms with E-state index >= 15 is 0 Å². The first-order valence-electron chi connectivity index (χ1n) is 6.94. The van der Waals surface area contributed by atoms with Crippen LogP contribution >= 0.6 is 0 Å². The van der Waals surface area contributed by atoms with Gasteiger partial charge in [-0.3, -0.25) is 0 Å². The molecule has 2 N–H and O–H groups in total. The molecule has 2 amide bonds. The third-order valence-corrected chi connectivity index (χ3v) is 3.29. The van der Waals surface area contributed by atoms with Crippen molar-refractivity contribution >= 4 is 11.7 Å². The number of hydrogen-bond acceptors (Lipinski definition) is 4. The van der Waals surface area contributed by atoms with E-state index in [-0.39, 0.29) is 12.1 Å². The number of ether oxygens (including phenoxy) is 1. The van der Waals surface area contributed by atoms with Crippen molar-refractivity contribution < 1.29 is 9.53 Å². The predicted octanol–water partition coefficient (Wildman–Crippen LogP) is 1.57. The van der Waals surface area contributed by atoms with E-state index < -0.39 is 0 Å². The number of urea groups is 1. The molecule has 0 spiro atoms. The van der Waals surface area contributed by atoms with Crippen molar-refractivity contribution in [2.75, 3.05) is 18.5 Å². The van der Waals surface area contributed by atoms with Crippen molar-refractivity contribution in [3.05, 3.63) is 36.7 Å². The maximum absolute atomic E-state index is 11.8. The number of amides is 2. The van der Waals surface area contributed by atoms with Crippen molar-refractivity contribution in [1.29, 1.82) is 0 Å². The van der Waals surface area contributed by atoms with Gasteiger partial charge in [-0.1, -0.05) is 0 Å². The first-order valence-corrected chi connectivity index (χ1v) is 6.94. The van der Waals surface area contributed by atoms with Crippen LogP contribution in [0.1, 0.15) is 12.8 Å². The zero-order chi connectivity index (χ0) is 14.5. The van der Waals surface area contributed by atoms with Gasteiger partial charge in [0, 0.05) is 18.8 Å². The first kappa shape index (κ1) is 13.6. The lowest BCUT2D eigenvalue weighted by molar-refractivity contribution is 0.112. The van der Waals surface area contributed by atoms with Gasteiger partial charge < -0.3 is 15.4 Å². The van der Waals surface area contributed by atoms with Gasteiger partial charge in [0.1, 0.15) is 0 Å². The van der Waals surface area contributed by atoms with Gasteiger partial charge in [-0.05, 0) is 37.1 Å². The summed E-state index contributed by atoms with van der Waals surface area (Å²) >= 11 is 0. The Labute approximate surface area is 122 Å². The molecule has 1 saturated heterocycles.